The predicted molar refractivity (Wildman–Crippen MR) is 60.1 cm³/mol. The zero-order chi connectivity index (χ0) is 12.4. The van der Waals surface area contributed by atoms with Crippen molar-refractivity contribution in [2.45, 2.75) is 6.61 Å². The molecule has 0 spiro atoms. The number of rotatable bonds is 3. The molecular weight excluding hydrogens is 249 g/mol. The van der Waals surface area contributed by atoms with Crippen LogP contribution in [0.1, 0.15) is 15.9 Å². The second-order valence-corrected chi connectivity index (χ2v) is 3.93. The molecule has 1 aliphatic rings. The van der Waals surface area contributed by atoms with E-state index in [4.69, 9.17) is 16.3 Å². The van der Waals surface area contributed by atoms with Gasteiger partial charge in [-0.05, 0) is 23.2 Å². The van der Waals surface area contributed by atoms with E-state index in [1.165, 1.54) is 6.07 Å². The average Bonchev–Trinajstić information content (AvgIpc) is 2.66. The maximum absolute atomic E-state index is 11.9. The molecule has 0 atom stereocenters. The van der Waals surface area contributed by atoms with E-state index in [2.05, 4.69) is 4.74 Å². The van der Waals surface area contributed by atoms with E-state index in [0.717, 1.165) is 5.56 Å². The van der Waals surface area contributed by atoms with E-state index in [-0.39, 0.29) is 23.8 Å². The molecule has 1 aliphatic heterocycles. The summed E-state index contributed by atoms with van der Waals surface area (Å²) >= 11 is 5.90. The largest absolute Gasteiger partial charge is 0.491 e. The molecule has 0 fully saturated rings. The van der Waals surface area contributed by atoms with Crippen LogP contribution in [0.15, 0.2) is 12.1 Å². The highest BCUT2D eigenvalue weighted by atomic mass is 35.5. The molecule has 0 amide bonds. The summed E-state index contributed by atoms with van der Waals surface area (Å²) in [7, 11) is -1.06. The lowest BCUT2D eigenvalue weighted by atomic mass is 9.79. The molecule has 0 unspecified atom stereocenters. The zero-order valence-electron chi connectivity index (χ0n) is 8.78. The van der Waals surface area contributed by atoms with Gasteiger partial charge in [-0.25, -0.2) is 9.18 Å². The van der Waals surface area contributed by atoms with Crippen molar-refractivity contribution in [1.82, 2.24) is 0 Å². The third-order valence-corrected chi connectivity index (χ3v) is 2.73. The minimum Gasteiger partial charge on any atom is -0.459 e. The van der Waals surface area contributed by atoms with Gasteiger partial charge in [0.15, 0.2) is 0 Å². The quantitative estimate of drug-likeness (QED) is 0.640. The van der Waals surface area contributed by atoms with Crippen LogP contribution in [-0.2, 0) is 16.0 Å². The van der Waals surface area contributed by atoms with Crippen molar-refractivity contribution in [3.05, 3.63) is 28.3 Å². The predicted octanol–water partition coefficient (Wildman–Crippen LogP) is 0.684. The van der Waals surface area contributed by atoms with Crippen LogP contribution in [-0.4, -0.2) is 31.4 Å². The van der Waals surface area contributed by atoms with Crippen LogP contribution < -0.4 is 5.46 Å². The monoisotopic (exact) mass is 258 g/mol. The molecule has 1 aromatic carbocycles. The van der Waals surface area contributed by atoms with Gasteiger partial charge in [-0.3, -0.25) is 0 Å². The second kappa shape index (κ2) is 5.04. The number of ether oxygens (including phenoxy) is 1. The molecule has 0 aromatic heterocycles. The summed E-state index contributed by atoms with van der Waals surface area (Å²) < 4.78 is 21.5. The summed E-state index contributed by atoms with van der Waals surface area (Å²) in [4.78, 5) is 11.5. The molecule has 7 heteroatoms. The number of esters is 1. The van der Waals surface area contributed by atoms with Gasteiger partial charge < -0.3 is 14.4 Å². The fourth-order valence-electron chi connectivity index (χ4n) is 1.61. The molecule has 0 aliphatic carbocycles. The summed E-state index contributed by atoms with van der Waals surface area (Å²) in [5.74, 6) is -0.713. The maximum Gasteiger partial charge on any atom is 0.491 e. The molecule has 0 saturated carbocycles. The van der Waals surface area contributed by atoms with Gasteiger partial charge in [0.2, 0.25) is 0 Å². The van der Waals surface area contributed by atoms with Crippen molar-refractivity contribution in [2.24, 2.45) is 0 Å². The van der Waals surface area contributed by atoms with Gasteiger partial charge in [0.25, 0.3) is 0 Å². The third kappa shape index (κ3) is 2.43. The summed E-state index contributed by atoms with van der Waals surface area (Å²) in [5, 5.41) is 9.68. The number of carbonyl (C=O) groups is 1. The molecular formula is C10H9BClFO4. The molecule has 2 rings (SSSR count). The normalized spacial score (nSPS) is 13.7. The first kappa shape index (κ1) is 12.4. The van der Waals surface area contributed by atoms with E-state index in [1.807, 2.05) is 0 Å². The summed E-state index contributed by atoms with van der Waals surface area (Å²) in [5.41, 5.74) is 1.31. The number of benzene rings is 1. The van der Waals surface area contributed by atoms with Crippen molar-refractivity contribution in [3.63, 3.8) is 0 Å². The van der Waals surface area contributed by atoms with E-state index in [0.29, 0.717) is 5.46 Å². The van der Waals surface area contributed by atoms with Gasteiger partial charge in [0, 0.05) is 0 Å². The molecule has 1 N–H and O–H groups in total. The highest BCUT2D eigenvalue weighted by Gasteiger charge is 2.29. The Morgan fingerprint density at radius 3 is 3.12 bits per heavy atom. The fourth-order valence-corrected chi connectivity index (χ4v) is 1.87. The van der Waals surface area contributed by atoms with E-state index < -0.39 is 19.8 Å². The van der Waals surface area contributed by atoms with Crippen LogP contribution in [0.4, 0.5) is 4.39 Å². The molecule has 1 aromatic rings. The zero-order valence-corrected chi connectivity index (χ0v) is 9.54. The number of carbonyl (C=O) groups excluding carboxylic acids is 1. The van der Waals surface area contributed by atoms with E-state index >= 15 is 0 Å². The van der Waals surface area contributed by atoms with Gasteiger partial charge >= 0.3 is 13.1 Å². The smallest absolute Gasteiger partial charge is 0.459 e. The molecule has 90 valence electrons. The van der Waals surface area contributed by atoms with Crippen LogP contribution in [0.3, 0.4) is 0 Å². The fraction of sp³-hybridized carbons (Fsp3) is 0.300. The van der Waals surface area contributed by atoms with Gasteiger partial charge in [0.05, 0.1) is 17.2 Å². The minimum atomic E-state index is -1.06. The number of alkyl halides is 1. The minimum absolute atomic E-state index is 0.100. The number of hydrogen-bond acceptors (Lipinski definition) is 4. The Balaban J connectivity index is 2.29. The van der Waals surface area contributed by atoms with Crippen molar-refractivity contribution < 1.29 is 23.6 Å². The first-order valence-corrected chi connectivity index (χ1v) is 5.36. The van der Waals surface area contributed by atoms with Gasteiger partial charge in [-0.2, -0.15) is 0 Å². The lowest BCUT2D eigenvalue weighted by Crippen LogP contribution is -2.29. The molecule has 0 bridgehead atoms. The Bertz CT molecular complexity index is 454. The van der Waals surface area contributed by atoms with Crippen molar-refractivity contribution in [2.75, 3.05) is 13.3 Å². The molecule has 0 radical (unpaired) electrons. The molecule has 1 heterocycles. The number of halogens is 2. The number of fused-ring (bicyclic) bond motifs is 1. The standard InChI is InChI=1S/C10H9BClFO4/c12-9-3-6-5-17-11(15)8(6)4-7(9)10(14)16-2-1-13/h3-4,15H,1-2,5H2. The van der Waals surface area contributed by atoms with Gasteiger partial charge in [-0.1, -0.05) is 11.6 Å². The Kier molecular flexibility index (Phi) is 3.66. The van der Waals surface area contributed by atoms with Gasteiger partial charge in [-0.15, -0.1) is 0 Å². The topological polar surface area (TPSA) is 55.8 Å². The average molecular weight is 258 g/mol. The van der Waals surface area contributed by atoms with Crippen molar-refractivity contribution in [1.29, 1.82) is 0 Å². The second-order valence-electron chi connectivity index (χ2n) is 3.52. The summed E-state index contributed by atoms with van der Waals surface area (Å²) in [6.45, 7) is -0.818. The van der Waals surface area contributed by atoms with Crippen molar-refractivity contribution in [3.8, 4) is 0 Å². The Morgan fingerprint density at radius 1 is 1.65 bits per heavy atom. The van der Waals surface area contributed by atoms with Crippen LogP contribution in [0, 0.1) is 0 Å². The molecule has 4 nitrogen and oxygen atoms in total. The molecule has 17 heavy (non-hydrogen) atoms. The van der Waals surface area contributed by atoms with E-state index in [1.54, 1.807) is 6.07 Å². The van der Waals surface area contributed by atoms with Crippen LogP contribution >= 0.6 is 11.6 Å². The lowest BCUT2D eigenvalue weighted by Gasteiger charge is -2.07. The Morgan fingerprint density at radius 2 is 2.41 bits per heavy atom. The Hall–Kier alpha value is -1.11. The maximum atomic E-state index is 11.9. The molecule has 0 saturated heterocycles. The first-order chi connectivity index (χ1) is 8.13. The SMILES string of the molecule is O=C(OCCF)c1cc2c(cc1Cl)COB2O. The highest BCUT2D eigenvalue weighted by molar-refractivity contribution is 6.61. The van der Waals surface area contributed by atoms with Crippen LogP contribution in [0.5, 0.6) is 0 Å². The Labute approximate surface area is 102 Å². The lowest BCUT2D eigenvalue weighted by molar-refractivity contribution is 0.0481. The third-order valence-electron chi connectivity index (χ3n) is 2.42. The van der Waals surface area contributed by atoms with Crippen LogP contribution in [0.25, 0.3) is 0 Å². The van der Waals surface area contributed by atoms with Crippen LogP contribution in [0.2, 0.25) is 5.02 Å². The first-order valence-electron chi connectivity index (χ1n) is 4.98. The van der Waals surface area contributed by atoms with Crippen molar-refractivity contribution >= 4 is 30.2 Å². The van der Waals surface area contributed by atoms with E-state index in [9.17, 15) is 14.2 Å². The number of hydrogen-bond donors (Lipinski definition) is 1. The highest BCUT2D eigenvalue weighted by Crippen LogP contribution is 2.21. The van der Waals surface area contributed by atoms with Gasteiger partial charge in [0.1, 0.15) is 13.3 Å². The summed E-state index contributed by atoms with van der Waals surface area (Å²) in [6, 6.07) is 2.95. The summed E-state index contributed by atoms with van der Waals surface area (Å²) in [6.07, 6.45) is 0.